The van der Waals surface area contributed by atoms with Crippen LogP contribution in [0.1, 0.15) is 76.5 Å². The van der Waals surface area contributed by atoms with Crippen molar-refractivity contribution < 1.29 is 5.11 Å². The molecule has 0 unspecified atom stereocenters. The molecule has 1 aliphatic rings. The molecule has 1 aliphatic carbocycles. The molecule has 0 bridgehead atoms. The number of benzene rings is 1. The monoisotopic (exact) mass is 287 g/mol. The quantitative estimate of drug-likeness (QED) is 0.779. The van der Waals surface area contributed by atoms with Gasteiger partial charge in [0.25, 0.3) is 0 Å². The van der Waals surface area contributed by atoms with E-state index in [0.717, 1.165) is 17.5 Å². The van der Waals surface area contributed by atoms with Gasteiger partial charge in [-0.2, -0.15) is 0 Å². The van der Waals surface area contributed by atoms with E-state index >= 15 is 0 Å². The molecule has 21 heavy (non-hydrogen) atoms. The number of aromatic hydroxyl groups is 1. The minimum absolute atomic E-state index is 0.0883. The van der Waals surface area contributed by atoms with Crippen LogP contribution in [0.15, 0.2) is 17.1 Å². The zero-order valence-electron chi connectivity index (χ0n) is 13.9. The van der Waals surface area contributed by atoms with Gasteiger partial charge in [0.2, 0.25) is 0 Å². The van der Waals surface area contributed by atoms with Crippen LogP contribution in [0.4, 0.5) is 0 Å². The van der Waals surface area contributed by atoms with Crippen molar-refractivity contribution in [3.63, 3.8) is 0 Å². The van der Waals surface area contributed by atoms with Gasteiger partial charge in [0, 0.05) is 17.8 Å². The van der Waals surface area contributed by atoms with E-state index in [0.29, 0.717) is 11.8 Å². The Hall–Kier alpha value is -1.31. The summed E-state index contributed by atoms with van der Waals surface area (Å²) in [6, 6.07) is 4.68. The summed E-state index contributed by atoms with van der Waals surface area (Å²) >= 11 is 0. The van der Waals surface area contributed by atoms with Crippen molar-refractivity contribution in [1.29, 1.82) is 0 Å². The van der Waals surface area contributed by atoms with Crippen molar-refractivity contribution in [3.8, 4) is 5.75 Å². The topological polar surface area (TPSA) is 32.6 Å². The molecule has 0 heterocycles. The summed E-state index contributed by atoms with van der Waals surface area (Å²) in [5.41, 5.74) is 3.25. The molecule has 1 aromatic carbocycles. The molecule has 2 nitrogen and oxygen atoms in total. The fourth-order valence-corrected chi connectivity index (χ4v) is 2.94. The molecule has 0 aromatic heterocycles. The third-order valence-corrected chi connectivity index (χ3v) is 4.46. The number of phenolic OH excluding ortho intramolecular Hbond substituents is 1. The fourth-order valence-electron chi connectivity index (χ4n) is 2.94. The number of nitrogens with zero attached hydrogens (tertiary/aromatic N) is 1. The van der Waals surface area contributed by atoms with Crippen molar-refractivity contribution in [3.05, 3.63) is 28.8 Å². The van der Waals surface area contributed by atoms with Gasteiger partial charge in [-0.3, -0.25) is 4.99 Å². The van der Waals surface area contributed by atoms with Crippen molar-refractivity contribution in [2.75, 3.05) is 0 Å². The van der Waals surface area contributed by atoms with Crippen LogP contribution < -0.4 is 0 Å². The maximum atomic E-state index is 10.4. The molecule has 0 amide bonds. The molecule has 0 aliphatic heterocycles. The van der Waals surface area contributed by atoms with Crippen LogP contribution in [0, 0.1) is 0 Å². The Morgan fingerprint density at radius 3 is 2.43 bits per heavy atom. The van der Waals surface area contributed by atoms with Gasteiger partial charge in [0.15, 0.2) is 0 Å². The summed E-state index contributed by atoms with van der Waals surface area (Å²) in [4.78, 5) is 4.73. The molecule has 1 fully saturated rings. The second-order valence-electron chi connectivity index (χ2n) is 7.25. The van der Waals surface area contributed by atoms with Crippen LogP contribution in [-0.2, 0) is 11.8 Å². The number of hydrogen-bond acceptors (Lipinski definition) is 2. The third kappa shape index (κ3) is 4.09. The maximum Gasteiger partial charge on any atom is 0.127 e. The van der Waals surface area contributed by atoms with Gasteiger partial charge in [-0.05, 0) is 41.9 Å². The highest BCUT2D eigenvalue weighted by atomic mass is 16.3. The lowest BCUT2D eigenvalue weighted by Crippen LogP contribution is -2.13. The summed E-state index contributed by atoms with van der Waals surface area (Å²) < 4.78 is 0. The van der Waals surface area contributed by atoms with E-state index in [9.17, 15) is 5.11 Å². The third-order valence-electron chi connectivity index (χ3n) is 4.46. The molecule has 116 valence electrons. The summed E-state index contributed by atoms with van der Waals surface area (Å²) in [7, 11) is 0. The van der Waals surface area contributed by atoms with Crippen LogP contribution >= 0.6 is 0 Å². The summed E-state index contributed by atoms with van der Waals surface area (Å²) in [5.74, 6) is 0.407. The summed E-state index contributed by atoms with van der Waals surface area (Å²) in [6.45, 7) is 8.71. The largest absolute Gasteiger partial charge is 0.507 e. The molecular formula is C19H29NO. The Labute approximate surface area is 129 Å². The molecule has 2 heteroatoms. The van der Waals surface area contributed by atoms with E-state index < -0.39 is 0 Å². The number of aliphatic imine (C=N–C) groups is 1. The number of phenols is 1. The van der Waals surface area contributed by atoms with Gasteiger partial charge in [-0.1, -0.05) is 53.0 Å². The Morgan fingerprint density at radius 1 is 1.19 bits per heavy atom. The molecule has 1 N–H and O–H groups in total. The number of rotatable bonds is 3. The van der Waals surface area contributed by atoms with Gasteiger partial charge in [0.05, 0.1) is 0 Å². The van der Waals surface area contributed by atoms with Gasteiger partial charge < -0.3 is 5.11 Å². The molecule has 0 radical (unpaired) electrons. The fraction of sp³-hybridized carbons (Fsp3) is 0.632. The molecule has 0 saturated heterocycles. The average Bonchev–Trinajstić information content (AvgIpc) is 2.46. The van der Waals surface area contributed by atoms with Crippen molar-refractivity contribution in [1.82, 2.24) is 0 Å². The lowest BCUT2D eigenvalue weighted by molar-refractivity contribution is 0.444. The second kappa shape index (κ2) is 6.64. The predicted molar refractivity (Wildman–Crippen MR) is 90.7 cm³/mol. The Morgan fingerprint density at radius 2 is 1.86 bits per heavy atom. The molecule has 2 rings (SSSR count). The van der Waals surface area contributed by atoms with E-state index in [2.05, 4.69) is 39.8 Å². The predicted octanol–water partition coefficient (Wildman–Crippen LogP) is 5.00. The molecule has 1 saturated carbocycles. The van der Waals surface area contributed by atoms with Crippen LogP contribution in [0.25, 0.3) is 0 Å². The van der Waals surface area contributed by atoms with Crippen molar-refractivity contribution in [2.45, 2.75) is 77.7 Å². The van der Waals surface area contributed by atoms with Gasteiger partial charge in [-0.15, -0.1) is 0 Å². The zero-order valence-corrected chi connectivity index (χ0v) is 13.9. The van der Waals surface area contributed by atoms with E-state index in [-0.39, 0.29) is 5.41 Å². The Kier molecular flexibility index (Phi) is 5.08. The lowest BCUT2D eigenvalue weighted by Gasteiger charge is -2.22. The molecule has 0 atom stereocenters. The standard InChI is InChI=1S/C19H29NO/c1-5-14-11-16(19(2,3)4)12-15(18(14)21)13-20-17-9-7-6-8-10-17/h11-13,17,21H,5-10H2,1-4H3. The van der Waals surface area contributed by atoms with Gasteiger partial charge in [-0.25, -0.2) is 0 Å². The van der Waals surface area contributed by atoms with E-state index in [1.807, 2.05) is 6.21 Å². The summed E-state index contributed by atoms with van der Waals surface area (Å²) in [5, 5.41) is 10.4. The van der Waals surface area contributed by atoms with E-state index in [4.69, 9.17) is 4.99 Å². The highest BCUT2D eigenvalue weighted by Crippen LogP contribution is 2.31. The second-order valence-corrected chi connectivity index (χ2v) is 7.25. The Bertz CT molecular complexity index is 505. The molecular weight excluding hydrogens is 258 g/mol. The highest BCUT2D eigenvalue weighted by molar-refractivity contribution is 5.84. The number of aryl methyl sites for hydroxylation is 1. The summed E-state index contributed by atoms with van der Waals surface area (Å²) in [6.07, 6.45) is 9.05. The van der Waals surface area contributed by atoms with Crippen molar-refractivity contribution >= 4 is 6.21 Å². The first-order valence-electron chi connectivity index (χ1n) is 8.31. The number of hydrogen-bond donors (Lipinski definition) is 1. The normalized spacial score (nSPS) is 17.5. The smallest absolute Gasteiger partial charge is 0.127 e. The molecule has 0 spiro atoms. The first-order chi connectivity index (χ1) is 9.91. The van der Waals surface area contributed by atoms with Gasteiger partial charge in [0.1, 0.15) is 5.75 Å². The minimum atomic E-state index is 0.0883. The highest BCUT2D eigenvalue weighted by Gasteiger charge is 2.18. The van der Waals surface area contributed by atoms with Crippen LogP contribution in [0.5, 0.6) is 5.75 Å². The first kappa shape index (κ1) is 16.1. The van der Waals surface area contributed by atoms with Crippen molar-refractivity contribution in [2.24, 2.45) is 4.99 Å². The minimum Gasteiger partial charge on any atom is -0.507 e. The lowest BCUT2D eigenvalue weighted by atomic mass is 9.84. The van der Waals surface area contributed by atoms with Crippen LogP contribution in [0.2, 0.25) is 0 Å². The zero-order chi connectivity index (χ0) is 15.5. The Balaban J connectivity index is 2.30. The SMILES string of the molecule is CCc1cc(C(C)(C)C)cc(C=NC2CCCCC2)c1O. The van der Waals surface area contributed by atoms with E-state index in [1.54, 1.807) is 0 Å². The van der Waals surface area contributed by atoms with Crippen LogP contribution in [0.3, 0.4) is 0 Å². The van der Waals surface area contributed by atoms with Crippen LogP contribution in [-0.4, -0.2) is 17.4 Å². The first-order valence-corrected chi connectivity index (χ1v) is 8.31. The molecule has 1 aromatic rings. The van der Waals surface area contributed by atoms with Gasteiger partial charge >= 0.3 is 0 Å². The average molecular weight is 287 g/mol. The van der Waals surface area contributed by atoms with E-state index in [1.165, 1.54) is 37.7 Å². The maximum absolute atomic E-state index is 10.4.